The largest absolute Gasteiger partial charge is 0.476 e. The monoisotopic (exact) mass is 415 g/mol. The molecule has 29 heavy (non-hydrogen) atoms. The van der Waals surface area contributed by atoms with Crippen LogP contribution in [-0.4, -0.2) is 40.3 Å². The zero-order valence-corrected chi connectivity index (χ0v) is 16.6. The number of aliphatic hydroxyl groups excluding tert-OH is 1. The minimum absolute atomic E-state index is 0.0763. The molecule has 2 atom stereocenters. The summed E-state index contributed by atoms with van der Waals surface area (Å²) >= 11 is 5.96. The first-order chi connectivity index (χ1) is 13.9. The molecule has 8 heteroatoms. The number of rotatable bonds is 9. The maximum Gasteiger partial charge on any atom is 0.358 e. The fourth-order valence-electron chi connectivity index (χ4n) is 2.86. The van der Waals surface area contributed by atoms with Crippen molar-refractivity contribution in [1.29, 1.82) is 0 Å². The van der Waals surface area contributed by atoms with Gasteiger partial charge in [-0.2, -0.15) is 0 Å². The summed E-state index contributed by atoms with van der Waals surface area (Å²) in [6.45, 7) is 3.00. The van der Waals surface area contributed by atoms with E-state index < -0.39 is 12.1 Å². The number of aliphatic hydroxyl groups is 1. The summed E-state index contributed by atoms with van der Waals surface area (Å²) in [5, 5.41) is 26.6. The highest BCUT2D eigenvalue weighted by molar-refractivity contribution is 6.30. The van der Waals surface area contributed by atoms with Crippen molar-refractivity contribution >= 4 is 23.3 Å². The van der Waals surface area contributed by atoms with Crippen LogP contribution in [0, 0.1) is 0 Å². The van der Waals surface area contributed by atoms with E-state index in [1.54, 1.807) is 24.3 Å². The van der Waals surface area contributed by atoms with Gasteiger partial charge in [-0.15, -0.1) is 0 Å². The van der Waals surface area contributed by atoms with Gasteiger partial charge in [-0.1, -0.05) is 35.9 Å². The second kappa shape index (κ2) is 9.56. The van der Waals surface area contributed by atoms with Crippen molar-refractivity contribution in [2.24, 2.45) is 0 Å². The Bertz CT molecular complexity index is 976. The zero-order valence-electron chi connectivity index (χ0n) is 15.8. The molecular formula is C21H22ClN3O4. The van der Waals surface area contributed by atoms with Crippen LogP contribution in [0.3, 0.4) is 0 Å². The maximum atomic E-state index is 11.2. The van der Waals surface area contributed by atoms with Crippen LogP contribution in [0.4, 0.5) is 5.69 Å². The molecule has 0 saturated heterocycles. The summed E-state index contributed by atoms with van der Waals surface area (Å²) in [5.41, 5.74) is 2.09. The molecule has 7 nitrogen and oxygen atoms in total. The number of aromatic carboxylic acids is 1. The Labute approximate surface area is 173 Å². The zero-order chi connectivity index (χ0) is 20.8. The Morgan fingerprint density at radius 1 is 1.21 bits per heavy atom. The number of halogens is 1. The van der Waals surface area contributed by atoms with Crippen LogP contribution < -0.4 is 10.6 Å². The third-order valence-corrected chi connectivity index (χ3v) is 4.64. The SMILES string of the molecule is C[C@H](CNc1cccc(-c2ocnc2C(=O)O)c1)NC[C@H](O)c1cccc(Cl)c1. The Morgan fingerprint density at radius 3 is 2.76 bits per heavy atom. The smallest absolute Gasteiger partial charge is 0.358 e. The highest BCUT2D eigenvalue weighted by Gasteiger charge is 2.17. The molecule has 3 aromatic rings. The molecule has 152 valence electrons. The Morgan fingerprint density at radius 2 is 2.00 bits per heavy atom. The molecule has 0 bridgehead atoms. The van der Waals surface area contributed by atoms with E-state index in [4.69, 9.17) is 16.0 Å². The molecule has 1 heterocycles. The summed E-state index contributed by atoms with van der Waals surface area (Å²) in [5.74, 6) is -0.917. The highest BCUT2D eigenvalue weighted by Crippen LogP contribution is 2.25. The number of anilines is 1. The van der Waals surface area contributed by atoms with Crippen molar-refractivity contribution in [3.63, 3.8) is 0 Å². The van der Waals surface area contributed by atoms with Crippen LogP contribution in [0.15, 0.2) is 59.3 Å². The number of nitrogens with one attached hydrogen (secondary N) is 2. The predicted molar refractivity (Wildman–Crippen MR) is 111 cm³/mol. The van der Waals surface area contributed by atoms with Gasteiger partial charge in [0.05, 0.1) is 6.10 Å². The molecule has 0 spiro atoms. The summed E-state index contributed by atoms with van der Waals surface area (Å²) in [6, 6.07) is 14.5. The third kappa shape index (κ3) is 5.57. The first-order valence-corrected chi connectivity index (χ1v) is 9.50. The quantitative estimate of drug-likeness (QED) is 0.420. The number of oxazole rings is 1. The molecule has 4 N–H and O–H groups in total. The van der Waals surface area contributed by atoms with Crippen LogP contribution in [0.25, 0.3) is 11.3 Å². The molecule has 0 aliphatic heterocycles. The fraction of sp³-hybridized carbons (Fsp3) is 0.238. The van der Waals surface area contributed by atoms with Crippen LogP contribution >= 0.6 is 11.6 Å². The van der Waals surface area contributed by atoms with Crippen molar-refractivity contribution in [2.75, 3.05) is 18.4 Å². The van der Waals surface area contributed by atoms with E-state index in [-0.39, 0.29) is 17.5 Å². The van der Waals surface area contributed by atoms with E-state index in [1.807, 2.05) is 31.2 Å². The standard InChI is InChI=1S/C21H22ClN3O4/c1-13(23-11-18(26)14-4-2-6-16(22)8-14)10-24-17-7-3-5-15(9-17)20-19(21(27)28)25-12-29-20/h2-9,12-13,18,23-24,26H,10-11H2,1H3,(H,27,28)/t13-,18+/m1/s1. The Hall–Kier alpha value is -2.87. The first-order valence-electron chi connectivity index (χ1n) is 9.12. The third-order valence-electron chi connectivity index (χ3n) is 4.40. The minimum Gasteiger partial charge on any atom is -0.476 e. The number of hydrogen-bond acceptors (Lipinski definition) is 6. The van der Waals surface area contributed by atoms with Crippen molar-refractivity contribution in [1.82, 2.24) is 10.3 Å². The number of benzene rings is 2. The molecular weight excluding hydrogens is 394 g/mol. The van der Waals surface area contributed by atoms with Gasteiger partial charge in [-0.05, 0) is 36.8 Å². The molecule has 3 rings (SSSR count). The van der Waals surface area contributed by atoms with E-state index >= 15 is 0 Å². The summed E-state index contributed by atoms with van der Waals surface area (Å²) < 4.78 is 5.24. The van der Waals surface area contributed by atoms with Crippen molar-refractivity contribution in [3.05, 3.63) is 71.2 Å². The number of carboxylic acids is 1. The predicted octanol–water partition coefficient (Wildman–Crippen LogP) is 3.82. The normalized spacial score (nSPS) is 13.1. The molecule has 0 unspecified atom stereocenters. The van der Waals surface area contributed by atoms with Gasteiger partial charge in [0, 0.05) is 35.4 Å². The van der Waals surface area contributed by atoms with E-state index in [0.29, 0.717) is 23.7 Å². The van der Waals surface area contributed by atoms with E-state index in [9.17, 15) is 15.0 Å². The number of carbonyl (C=O) groups is 1. The molecule has 2 aromatic carbocycles. The highest BCUT2D eigenvalue weighted by atomic mass is 35.5. The van der Waals surface area contributed by atoms with Gasteiger partial charge in [0.15, 0.2) is 17.8 Å². The number of nitrogens with zero attached hydrogens (tertiary/aromatic N) is 1. The lowest BCUT2D eigenvalue weighted by Crippen LogP contribution is -2.35. The second-order valence-corrected chi connectivity index (χ2v) is 7.11. The van der Waals surface area contributed by atoms with Crippen LogP contribution in [0.1, 0.15) is 29.1 Å². The second-order valence-electron chi connectivity index (χ2n) is 6.68. The van der Waals surface area contributed by atoms with Crippen LogP contribution in [-0.2, 0) is 0 Å². The lowest BCUT2D eigenvalue weighted by atomic mass is 10.1. The van der Waals surface area contributed by atoms with E-state index in [0.717, 1.165) is 17.6 Å². The summed E-state index contributed by atoms with van der Waals surface area (Å²) in [7, 11) is 0. The van der Waals surface area contributed by atoms with Crippen LogP contribution in [0.5, 0.6) is 0 Å². The number of carboxylic acid groups (broad SMARTS) is 1. The number of hydrogen-bond donors (Lipinski definition) is 4. The van der Waals surface area contributed by atoms with Crippen molar-refractivity contribution < 1.29 is 19.4 Å². The Kier molecular flexibility index (Phi) is 6.87. The molecule has 0 radical (unpaired) electrons. The van der Waals surface area contributed by atoms with Gasteiger partial charge < -0.3 is 25.3 Å². The van der Waals surface area contributed by atoms with Gasteiger partial charge >= 0.3 is 5.97 Å². The fourth-order valence-corrected chi connectivity index (χ4v) is 3.06. The maximum absolute atomic E-state index is 11.2. The topological polar surface area (TPSA) is 108 Å². The lowest BCUT2D eigenvalue weighted by molar-refractivity contribution is 0.0691. The molecule has 0 saturated carbocycles. The van der Waals surface area contributed by atoms with Gasteiger partial charge in [0.1, 0.15) is 0 Å². The molecule has 1 aromatic heterocycles. The average molecular weight is 416 g/mol. The lowest BCUT2D eigenvalue weighted by Gasteiger charge is -2.19. The van der Waals surface area contributed by atoms with Gasteiger partial charge in [0.2, 0.25) is 0 Å². The first kappa shape index (κ1) is 20.9. The average Bonchev–Trinajstić information content (AvgIpc) is 3.21. The van der Waals surface area contributed by atoms with Crippen molar-refractivity contribution in [2.45, 2.75) is 19.1 Å². The molecule has 0 aliphatic rings. The number of aromatic nitrogens is 1. The summed E-state index contributed by atoms with van der Waals surface area (Å²) in [4.78, 5) is 15.0. The molecule has 0 fully saturated rings. The van der Waals surface area contributed by atoms with Gasteiger partial charge in [-0.3, -0.25) is 0 Å². The minimum atomic E-state index is -1.14. The van der Waals surface area contributed by atoms with Crippen LogP contribution in [0.2, 0.25) is 5.02 Å². The molecule has 0 aliphatic carbocycles. The molecule has 0 amide bonds. The van der Waals surface area contributed by atoms with E-state index in [1.165, 1.54) is 0 Å². The van der Waals surface area contributed by atoms with Gasteiger partial charge in [-0.25, -0.2) is 9.78 Å². The van der Waals surface area contributed by atoms with E-state index in [2.05, 4.69) is 15.6 Å². The summed E-state index contributed by atoms with van der Waals surface area (Å²) in [6.07, 6.45) is 0.469. The Balaban J connectivity index is 1.54. The van der Waals surface area contributed by atoms with Gasteiger partial charge in [0.25, 0.3) is 0 Å². The van der Waals surface area contributed by atoms with Crippen molar-refractivity contribution in [3.8, 4) is 11.3 Å².